The van der Waals surface area contributed by atoms with Crippen LogP contribution in [0.25, 0.3) is 10.1 Å². The fraction of sp³-hybridized carbons (Fsp3) is 0.346. The second-order valence-electron chi connectivity index (χ2n) is 8.84. The van der Waals surface area contributed by atoms with Gasteiger partial charge in [0, 0.05) is 48.6 Å². The van der Waals surface area contributed by atoms with Gasteiger partial charge in [0.25, 0.3) is 5.91 Å². The van der Waals surface area contributed by atoms with Crippen LogP contribution in [-0.2, 0) is 4.79 Å². The molecule has 2 heterocycles. The summed E-state index contributed by atoms with van der Waals surface area (Å²) in [5, 5.41) is 12.8. The zero-order chi connectivity index (χ0) is 25.8. The molecule has 0 unspecified atom stereocenters. The van der Waals surface area contributed by atoms with Crippen LogP contribution in [0.2, 0.25) is 5.02 Å². The van der Waals surface area contributed by atoms with Crippen molar-refractivity contribution in [3.05, 3.63) is 63.5 Å². The molecule has 1 amide bonds. The summed E-state index contributed by atoms with van der Waals surface area (Å²) in [5.74, 6) is -3.23. The lowest BCUT2D eigenvalue weighted by Gasteiger charge is -2.33. The van der Waals surface area contributed by atoms with Crippen molar-refractivity contribution in [2.45, 2.75) is 32.1 Å². The summed E-state index contributed by atoms with van der Waals surface area (Å²) >= 11 is 7.59. The zero-order valence-corrected chi connectivity index (χ0v) is 20.9. The predicted molar refractivity (Wildman–Crippen MR) is 136 cm³/mol. The van der Waals surface area contributed by atoms with Crippen molar-refractivity contribution < 1.29 is 28.3 Å². The number of halogens is 3. The number of carbonyl (C=O) groups is 3. The number of carbonyl (C=O) groups excluding carboxylic acids is 2. The van der Waals surface area contributed by atoms with E-state index in [9.17, 15) is 23.2 Å². The van der Waals surface area contributed by atoms with Crippen LogP contribution < -0.4 is 10.2 Å². The van der Waals surface area contributed by atoms with Crippen LogP contribution >= 0.6 is 22.9 Å². The van der Waals surface area contributed by atoms with E-state index >= 15 is 0 Å². The lowest BCUT2D eigenvalue weighted by atomic mass is 9.93. The number of nitrogens with one attached hydrogen (secondary N) is 1. The number of hydrogen-bond donors (Lipinski definition) is 2. The monoisotopic (exact) mass is 534 g/mol. The highest BCUT2D eigenvalue weighted by atomic mass is 35.5. The summed E-state index contributed by atoms with van der Waals surface area (Å²) in [6.45, 7) is 1.03. The highest BCUT2D eigenvalue weighted by Crippen LogP contribution is 2.35. The summed E-state index contributed by atoms with van der Waals surface area (Å²) in [5.41, 5.74) is -0.249. The maximum Gasteiger partial charge on any atom is 0.303 e. The zero-order valence-electron chi connectivity index (χ0n) is 19.4. The molecule has 1 aromatic heterocycles. The van der Waals surface area contributed by atoms with Gasteiger partial charge in [-0.2, -0.15) is 0 Å². The molecule has 0 aliphatic carbocycles. The number of thiophene rings is 1. The molecular weight excluding hydrogens is 510 g/mol. The molecule has 4 rings (SSSR count). The first kappa shape index (κ1) is 26.0. The van der Waals surface area contributed by atoms with Gasteiger partial charge < -0.3 is 15.3 Å². The molecule has 0 bridgehead atoms. The van der Waals surface area contributed by atoms with Gasteiger partial charge in [0.1, 0.15) is 16.5 Å². The molecular formula is C26H25ClF2N2O4S. The molecule has 36 heavy (non-hydrogen) atoms. The Bertz CT molecular complexity index is 1300. The lowest BCUT2D eigenvalue weighted by Crippen LogP contribution is -2.35. The molecule has 0 saturated carbocycles. The molecule has 1 fully saturated rings. The van der Waals surface area contributed by atoms with Gasteiger partial charge in [-0.3, -0.25) is 14.4 Å². The Kier molecular flexibility index (Phi) is 8.21. The van der Waals surface area contributed by atoms with Crippen molar-refractivity contribution in [3.8, 4) is 0 Å². The number of amides is 1. The van der Waals surface area contributed by atoms with E-state index in [0.717, 1.165) is 22.2 Å². The maximum absolute atomic E-state index is 14.8. The smallest absolute Gasteiger partial charge is 0.303 e. The second kappa shape index (κ2) is 11.3. The summed E-state index contributed by atoms with van der Waals surface area (Å²) in [6.07, 6.45) is 1.42. The number of carboxylic acid groups (broad SMARTS) is 1. The molecule has 1 aliphatic rings. The third kappa shape index (κ3) is 5.84. The lowest BCUT2D eigenvalue weighted by molar-refractivity contribution is -0.138. The SMILES string of the molecule is O=C(O)CC1CCN(c2cc(F)c(C(=O)CCCNC(=O)c3sc4ccccc4c3Cl)cc2F)CC1. The highest BCUT2D eigenvalue weighted by molar-refractivity contribution is 7.21. The molecule has 2 aromatic carbocycles. The molecule has 1 saturated heterocycles. The molecule has 190 valence electrons. The van der Waals surface area contributed by atoms with Gasteiger partial charge in [-0.05, 0) is 37.3 Å². The fourth-order valence-electron chi connectivity index (χ4n) is 4.44. The van der Waals surface area contributed by atoms with Crippen molar-refractivity contribution in [1.82, 2.24) is 5.32 Å². The van der Waals surface area contributed by atoms with Gasteiger partial charge in [-0.25, -0.2) is 8.78 Å². The van der Waals surface area contributed by atoms with Gasteiger partial charge >= 0.3 is 5.97 Å². The molecule has 0 atom stereocenters. The first-order valence-electron chi connectivity index (χ1n) is 11.7. The van der Waals surface area contributed by atoms with Crippen molar-refractivity contribution in [1.29, 1.82) is 0 Å². The van der Waals surface area contributed by atoms with Crippen molar-refractivity contribution in [3.63, 3.8) is 0 Å². The number of aliphatic carboxylic acids is 1. The van der Waals surface area contributed by atoms with Gasteiger partial charge in [0.05, 0.1) is 16.3 Å². The molecule has 0 radical (unpaired) electrons. The third-order valence-corrected chi connectivity index (χ3v) is 8.04. The van der Waals surface area contributed by atoms with Crippen LogP contribution in [-0.4, -0.2) is 42.4 Å². The van der Waals surface area contributed by atoms with Gasteiger partial charge in [-0.1, -0.05) is 29.8 Å². The van der Waals surface area contributed by atoms with E-state index in [-0.39, 0.29) is 48.9 Å². The van der Waals surface area contributed by atoms with Gasteiger partial charge in [0.2, 0.25) is 0 Å². The van der Waals surface area contributed by atoms with E-state index in [4.69, 9.17) is 16.7 Å². The number of carboxylic acids is 1. The fourth-order valence-corrected chi connectivity index (χ4v) is 5.88. The maximum atomic E-state index is 14.8. The first-order valence-corrected chi connectivity index (χ1v) is 12.9. The first-order chi connectivity index (χ1) is 17.2. The highest BCUT2D eigenvalue weighted by Gasteiger charge is 2.25. The van der Waals surface area contributed by atoms with Crippen LogP contribution in [0.3, 0.4) is 0 Å². The molecule has 0 spiro atoms. The van der Waals surface area contributed by atoms with Gasteiger partial charge in [-0.15, -0.1) is 11.3 Å². The number of anilines is 1. The van der Waals surface area contributed by atoms with E-state index in [1.54, 1.807) is 4.90 Å². The van der Waals surface area contributed by atoms with Crippen LogP contribution in [0.15, 0.2) is 36.4 Å². The number of hydrogen-bond acceptors (Lipinski definition) is 5. The van der Waals surface area contributed by atoms with Crippen molar-refractivity contribution in [2.24, 2.45) is 5.92 Å². The van der Waals surface area contributed by atoms with E-state index < -0.39 is 23.4 Å². The number of nitrogens with zero attached hydrogens (tertiary/aromatic N) is 1. The minimum absolute atomic E-state index is 0.0166. The summed E-state index contributed by atoms with van der Waals surface area (Å²) in [7, 11) is 0. The number of piperidine rings is 1. The van der Waals surface area contributed by atoms with Crippen LogP contribution in [0.5, 0.6) is 0 Å². The summed E-state index contributed by atoms with van der Waals surface area (Å²) < 4.78 is 30.4. The molecule has 10 heteroatoms. The molecule has 3 aromatic rings. The van der Waals surface area contributed by atoms with Crippen molar-refractivity contribution >= 4 is 56.4 Å². The predicted octanol–water partition coefficient (Wildman–Crippen LogP) is 5.92. The Morgan fingerprint density at radius 1 is 1.11 bits per heavy atom. The number of fused-ring (bicyclic) bond motifs is 1. The van der Waals surface area contributed by atoms with E-state index in [1.165, 1.54) is 11.3 Å². The van der Waals surface area contributed by atoms with Gasteiger partial charge in [0.15, 0.2) is 5.78 Å². The number of ketones is 1. The van der Waals surface area contributed by atoms with Crippen molar-refractivity contribution in [2.75, 3.05) is 24.5 Å². The van der Waals surface area contributed by atoms with Crippen LogP contribution in [0, 0.1) is 17.6 Å². The third-order valence-electron chi connectivity index (χ3n) is 6.36. The molecule has 2 N–H and O–H groups in total. The Hall–Kier alpha value is -3.04. The average molecular weight is 535 g/mol. The van der Waals surface area contributed by atoms with E-state index in [0.29, 0.717) is 35.8 Å². The second-order valence-corrected chi connectivity index (χ2v) is 10.3. The number of rotatable bonds is 9. The minimum atomic E-state index is -0.864. The standard InChI is InChI=1S/C26H25ClF2N2O4S/c27-24-16-4-1-2-6-22(16)36-25(24)26(35)30-9-3-5-21(32)17-13-19(29)20(14-18(17)28)31-10-7-15(8-11-31)12-23(33)34/h1-2,4,6,13-15H,3,5,7-12H2,(H,30,35)(H,33,34). The molecule has 6 nitrogen and oxygen atoms in total. The Morgan fingerprint density at radius 3 is 2.53 bits per heavy atom. The largest absolute Gasteiger partial charge is 0.481 e. The van der Waals surface area contributed by atoms with E-state index in [2.05, 4.69) is 5.32 Å². The Balaban J connectivity index is 1.30. The summed E-state index contributed by atoms with van der Waals surface area (Å²) in [6, 6.07) is 9.37. The normalized spacial score (nSPS) is 14.2. The summed E-state index contributed by atoms with van der Waals surface area (Å²) in [4.78, 5) is 38.0. The number of Topliss-reactive ketones (excluding diaryl/α,β-unsaturated/α-hetero) is 1. The Labute approximate surface area is 215 Å². The average Bonchev–Trinajstić information content (AvgIpc) is 3.19. The quantitative estimate of drug-likeness (QED) is 0.263. The topological polar surface area (TPSA) is 86.7 Å². The van der Waals surface area contributed by atoms with E-state index in [1.807, 2.05) is 24.3 Å². The number of benzene rings is 2. The molecule has 1 aliphatic heterocycles. The minimum Gasteiger partial charge on any atom is -0.481 e. The van der Waals surface area contributed by atoms with Crippen LogP contribution in [0.4, 0.5) is 14.5 Å². The Morgan fingerprint density at radius 2 is 1.83 bits per heavy atom. The van der Waals surface area contributed by atoms with Crippen LogP contribution in [0.1, 0.15) is 52.1 Å².